The Hall–Kier alpha value is -2.04. The minimum atomic E-state index is -0.981. The molecule has 1 heterocycles. The van der Waals surface area contributed by atoms with E-state index in [1.165, 1.54) is 63.5 Å². The van der Waals surface area contributed by atoms with E-state index >= 15 is 0 Å². The standard InChI is InChI=1S/C25H34F2N2O/c1-3-5-6-7-18-8-10-19(11-9-18)12-13-20-14-16-22(29-28-20)21-15-17-23(30-4-2)25(27)24(21)26/h14-19H,3-13H2,1-2H3. The Morgan fingerprint density at radius 2 is 1.60 bits per heavy atom. The van der Waals surface area contributed by atoms with Crippen LogP contribution in [0.3, 0.4) is 0 Å². The molecule has 0 amide bonds. The molecular formula is C25H34F2N2O. The van der Waals surface area contributed by atoms with Crippen LogP contribution >= 0.6 is 0 Å². The number of unbranched alkanes of at least 4 members (excludes halogenated alkanes) is 2. The van der Waals surface area contributed by atoms with Gasteiger partial charge in [-0.15, -0.1) is 0 Å². The molecule has 3 rings (SSSR count). The molecule has 1 aliphatic rings. The summed E-state index contributed by atoms with van der Waals surface area (Å²) in [4.78, 5) is 0. The number of hydrogen-bond acceptors (Lipinski definition) is 3. The molecule has 1 aliphatic carbocycles. The summed E-state index contributed by atoms with van der Waals surface area (Å²) in [5.74, 6) is -0.310. The normalized spacial score (nSPS) is 19.1. The Morgan fingerprint density at radius 3 is 2.23 bits per heavy atom. The Labute approximate surface area is 179 Å². The van der Waals surface area contributed by atoms with Crippen LogP contribution in [0, 0.1) is 23.5 Å². The van der Waals surface area contributed by atoms with Crippen LogP contribution < -0.4 is 4.74 Å². The van der Waals surface area contributed by atoms with Crippen LogP contribution in [0.15, 0.2) is 24.3 Å². The Kier molecular flexibility index (Phi) is 8.59. The average molecular weight is 417 g/mol. The van der Waals surface area contributed by atoms with Gasteiger partial charge >= 0.3 is 0 Å². The fraction of sp³-hybridized carbons (Fsp3) is 0.600. The Balaban J connectivity index is 1.50. The molecule has 3 nitrogen and oxygen atoms in total. The molecule has 1 saturated carbocycles. The smallest absolute Gasteiger partial charge is 0.201 e. The summed E-state index contributed by atoms with van der Waals surface area (Å²) in [5, 5.41) is 8.41. The van der Waals surface area contributed by atoms with Crippen molar-refractivity contribution in [1.29, 1.82) is 0 Å². The maximum atomic E-state index is 14.4. The molecule has 1 fully saturated rings. The quantitative estimate of drug-likeness (QED) is 0.386. The minimum absolute atomic E-state index is 0.0802. The first-order chi connectivity index (χ1) is 14.6. The molecule has 0 radical (unpaired) electrons. The molecule has 30 heavy (non-hydrogen) atoms. The summed E-state index contributed by atoms with van der Waals surface area (Å²) < 4.78 is 33.6. The van der Waals surface area contributed by atoms with Crippen LogP contribution in [0.25, 0.3) is 11.3 Å². The van der Waals surface area contributed by atoms with E-state index in [-0.39, 0.29) is 17.9 Å². The van der Waals surface area contributed by atoms with Gasteiger partial charge in [-0.25, -0.2) is 4.39 Å². The van der Waals surface area contributed by atoms with Crippen molar-refractivity contribution in [2.45, 2.75) is 78.1 Å². The lowest BCUT2D eigenvalue weighted by atomic mass is 9.78. The predicted molar refractivity (Wildman–Crippen MR) is 116 cm³/mol. The molecule has 0 atom stereocenters. The van der Waals surface area contributed by atoms with Crippen molar-refractivity contribution in [3.63, 3.8) is 0 Å². The van der Waals surface area contributed by atoms with Crippen LogP contribution in [0.1, 0.15) is 77.3 Å². The number of nitrogens with zero attached hydrogens (tertiary/aromatic N) is 2. The number of aryl methyl sites for hydroxylation is 1. The Morgan fingerprint density at radius 1 is 0.867 bits per heavy atom. The molecule has 5 heteroatoms. The van der Waals surface area contributed by atoms with Crippen molar-refractivity contribution in [2.75, 3.05) is 6.61 Å². The number of aromatic nitrogens is 2. The average Bonchev–Trinajstić information content (AvgIpc) is 2.77. The fourth-order valence-electron chi connectivity index (χ4n) is 4.48. The zero-order valence-corrected chi connectivity index (χ0v) is 18.3. The molecule has 1 aromatic carbocycles. The summed E-state index contributed by atoms with van der Waals surface area (Å²) in [6.45, 7) is 4.28. The number of rotatable bonds is 10. The highest BCUT2D eigenvalue weighted by molar-refractivity contribution is 5.61. The van der Waals surface area contributed by atoms with E-state index in [2.05, 4.69) is 17.1 Å². The van der Waals surface area contributed by atoms with E-state index in [4.69, 9.17) is 4.74 Å². The lowest BCUT2D eigenvalue weighted by molar-refractivity contribution is 0.248. The number of hydrogen-bond donors (Lipinski definition) is 0. The second-order valence-electron chi connectivity index (χ2n) is 8.50. The van der Waals surface area contributed by atoms with Crippen molar-refractivity contribution >= 4 is 0 Å². The van der Waals surface area contributed by atoms with E-state index in [1.807, 2.05) is 6.07 Å². The second-order valence-corrected chi connectivity index (χ2v) is 8.50. The molecule has 0 unspecified atom stereocenters. The number of ether oxygens (including phenoxy) is 1. The number of halogens is 2. The van der Waals surface area contributed by atoms with Crippen LogP contribution in [-0.2, 0) is 6.42 Å². The zero-order valence-electron chi connectivity index (χ0n) is 18.3. The monoisotopic (exact) mass is 416 g/mol. The summed E-state index contributed by atoms with van der Waals surface area (Å²) in [6, 6.07) is 6.54. The SMILES string of the molecule is CCCCCC1CCC(CCc2ccc(-c3ccc(OCC)c(F)c3F)nn2)CC1. The molecule has 164 valence electrons. The molecule has 2 aromatic rings. The van der Waals surface area contributed by atoms with Crippen molar-refractivity contribution in [1.82, 2.24) is 10.2 Å². The summed E-state index contributed by atoms with van der Waals surface area (Å²) in [7, 11) is 0. The topological polar surface area (TPSA) is 35.0 Å². The third-order valence-corrected chi connectivity index (χ3v) is 6.33. The van der Waals surface area contributed by atoms with Crippen LogP contribution in [-0.4, -0.2) is 16.8 Å². The van der Waals surface area contributed by atoms with Crippen LogP contribution in [0.2, 0.25) is 0 Å². The largest absolute Gasteiger partial charge is 0.491 e. The van der Waals surface area contributed by atoms with Gasteiger partial charge in [0.2, 0.25) is 5.82 Å². The van der Waals surface area contributed by atoms with Crippen LogP contribution in [0.5, 0.6) is 5.75 Å². The minimum Gasteiger partial charge on any atom is -0.491 e. The molecule has 0 aliphatic heterocycles. The molecule has 0 spiro atoms. The van der Waals surface area contributed by atoms with Gasteiger partial charge < -0.3 is 4.74 Å². The van der Waals surface area contributed by atoms with E-state index in [1.54, 1.807) is 13.0 Å². The van der Waals surface area contributed by atoms with Gasteiger partial charge in [-0.3, -0.25) is 0 Å². The highest BCUT2D eigenvalue weighted by atomic mass is 19.2. The van der Waals surface area contributed by atoms with Crippen molar-refractivity contribution in [3.05, 3.63) is 41.6 Å². The van der Waals surface area contributed by atoms with Crippen LogP contribution in [0.4, 0.5) is 8.78 Å². The maximum Gasteiger partial charge on any atom is 0.201 e. The third kappa shape index (κ3) is 5.99. The van der Waals surface area contributed by atoms with Gasteiger partial charge in [-0.05, 0) is 55.9 Å². The lowest BCUT2D eigenvalue weighted by Gasteiger charge is -2.28. The predicted octanol–water partition coefficient (Wildman–Crippen LogP) is 7.14. The number of benzene rings is 1. The Bertz CT molecular complexity index is 786. The van der Waals surface area contributed by atoms with Gasteiger partial charge in [0.05, 0.1) is 18.0 Å². The first kappa shape index (κ1) is 22.6. The molecule has 1 aromatic heterocycles. The first-order valence-electron chi connectivity index (χ1n) is 11.6. The van der Waals surface area contributed by atoms with Crippen molar-refractivity contribution in [2.24, 2.45) is 11.8 Å². The summed E-state index contributed by atoms with van der Waals surface area (Å²) in [6.07, 6.45) is 12.8. The van der Waals surface area contributed by atoms with E-state index in [9.17, 15) is 8.78 Å². The van der Waals surface area contributed by atoms with Gasteiger partial charge in [0.25, 0.3) is 0 Å². The van der Waals surface area contributed by atoms with E-state index < -0.39 is 11.6 Å². The highest BCUT2D eigenvalue weighted by Gasteiger charge is 2.21. The molecule has 0 N–H and O–H groups in total. The molecule has 0 saturated heterocycles. The fourth-order valence-corrected chi connectivity index (χ4v) is 4.48. The summed E-state index contributed by atoms with van der Waals surface area (Å²) in [5.41, 5.74) is 1.36. The van der Waals surface area contributed by atoms with Gasteiger partial charge in [0.15, 0.2) is 11.6 Å². The maximum absolute atomic E-state index is 14.4. The van der Waals surface area contributed by atoms with Gasteiger partial charge in [0, 0.05) is 5.56 Å². The lowest BCUT2D eigenvalue weighted by Crippen LogP contribution is -2.15. The van der Waals surface area contributed by atoms with Gasteiger partial charge in [-0.2, -0.15) is 14.6 Å². The van der Waals surface area contributed by atoms with E-state index in [0.717, 1.165) is 30.4 Å². The third-order valence-electron chi connectivity index (χ3n) is 6.33. The first-order valence-corrected chi connectivity index (χ1v) is 11.6. The van der Waals surface area contributed by atoms with Gasteiger partial charge in [-0.1, -0.05) is 58.3 Å². The highest BCUT2D eigenvalue weighted by Crippen LogP contribution is 2.34. The molecule has 0 bridgehead atoms. The summed E-state index contributed by atoms with van der Waals surface area (Å²) >= 11 is 0. The van der Waals surface area contributed by atoms with Gasteiger partial charge in [0.1, 0.15) is 0 Å². The van der Waals surface area contributed by atoms with Crippen molar-refractivity contribution < 1.29 is 13.5 Å². The van der Waals surface area contributed by atoms with E-state index in [0.29, 0.717) is 5.69 Å². The second kappa shape index (κ2) is 11.4. The molecular weight excluding hydrogens is 382 g/mol. The van der Waals surface area contributed by atoms with Crippen molar-refractivity contribution in [3.8, 4) is 17.0 Å². The zero-order chi connectivity index (χ0) is 21.3.